The second-order valence-electron chi connectivity index (χ2n) is 25.1. The van der Waals surface area contributed by atoms with Crippen LogP contribution in [0.2, 0.25) is 0 Å². The topological polar surface area (TPSA) is 521 Å². The quantitative estimate of drug-likeness (QED) is 0.0181. The number of epoxide rings is 1. The van der Waals surface area contributed by atoms with Gasteiger partial charge in [-0.1, -0.05) is 44.4 Å². The zero-order valence-electron chi connectivity index (χ0n) is 55.1. The summed E-state index contributed by atoms with van der Waals surface area (Å²) in [6, 6.07) is -2.38. The maximum absolute atomic E-state index is 13.9. The van der Waals surface area contributed by atoms with Gasteiger partial charge in [0.2, 0.25) is 23.6 Å². The van der Waals surface area contributed by atoms with Gasteiger partial charge in [-0.25, -0.2) is 0 Å². The lowest BCUT2D eigenvalue weighted by Gasteiger charge is -2.51. The van der Waals surface area contributed by atoms with Crippen molar-refractivity contribution in [3.63, 3.8) is 0 Å². The third-order valence-electron chi connectivity index (χ3n) is 17.7. The summed E-state index contributed by atoms with van der Waals surface area (Å²) in [7, 11) is 1.28. The predicted octanol–water partition coefficient (Wildman–Crippen LogP) is -6.74. The Hall–Kier alpha value is -4.89. The summed E-state index contributed by atoms with van der Waals surface area (Å²) in [5.41, 5.74) is 0.0512. The first-order valence-electron chi connectivity index (χ1n) is 32.9. The molecule has 556 valence electrons. The van der Waals surface area contributed by atoms with Crippen molar-refractivity contribution in [2.75, 3.05) is 46.8 Å². The summed E-state index contributed by atoms with van der Waals surface area (Å²) in [6.45, 7) is 2.19. The maximum Gasteiger partial charge on any atom is 0.251 e. The monoisotopic (exact) mass is 1410 g/mol. The predicted molar refractivity (Wildman–Crippen MR) is 326 cm³/mol. The Morgan fingerprint density at radius 1 is 0.469 bits per heavy atom. The lowest BCUT2D eigenvalue weighted by molar-refractivity contribution is -0.368. The van der Waals surface area contributed by atoms with Crippen molar-refractivity contribution < 1.29 is 152 Å². The molecule has 8 rings (SSSR count). The SMILES string of the molecule is CCCCCC/C=C\CCCOc1cccc(C(=O)NC2C(O[C@@H]3C(CO)OC(OC4C(CO)O[C@@H](O[C@@H]5C(CO)OC(OC6C(CO[C@@H]7OC8OC8C(O)C7OC)O[C@@H](O)[C@@H](NC(C)=O)[C@@H]6O)C(NC(C)=O)C5O)[C@@H](NC(C)=O)[C@@H]4O)C(NC(C)=O)C3O)OC(CO)[C@@H](O)C2O)c1. The molecule has 0 bridgehead atoms. The van der Waals surface area contributed by atoms with Crippen LogP contribution in [0.5, 0.6) is 5.75 Å². The van der Waals surface area contributed by atoms with Crippen molar-refractivity contribution >= 4 is 29.5 Å². The molecule has 1 aromatic carbocycles. The van der Waals surface area contributed by atoms with Gasteiger partial charge in [0.1, 0.15) is 146 Å². The molecule has 7 aliphatic heterocycles. The molecule has 17 N–H and O–H groups in total. The highest BCUT2D eigenvalue weighted by molar-refractivity contribution is 5.94. The maximum atomic E-state index is 13.9. The van der Waals surface area contributed by atoms with Crippen LogP contribution in [0, 0.1) is 0 Å². The molecule has 36 nitrogen and oxygen atoms in total. The Morgan fingerprint density at radius 2 is 0.918 bits per heavy atom. The molecule has 5 amide bonds. The van der Waals surface area contributed by atoms with E-state index in [1.54, 1.807) is 12.1 Å². The van der Waals surface area contributed by atoms with Crippen LogP contribution >= 0.6 is 0 Å². The van der Waals surface area contributed by atoms with Crippen LogP contribution in [0.4, 0.5) is 0 Å². The standard InChI is InChI=1S/C62H97N5O31/c1-7-8-9-10-11-12-13-14-15-19-86-31-18-16-17-30(20-31)55(83)67-38-43(77)42(76)32(21-68)89-57(38)93-49-33(22-69)90-58(39(45(49)79)64-27(3)73)94-50-34(23-70)91-59(40(46(50)80)65-28(4)74)95-51-35(24-71)92-60(41(47(51)81)66-29(5)75)96-52-36(88-56(84)37(44(52)78)63-26(2)72)25-87-61-53(85-6)48(82)54-62(97-54)98-61/h12-13,16-18,20,32-54,56-62,68-71,76-82,84H,7-11,14-15,19,21-25H2,1-6H3,(H,63,72)(H,64,73)(H,65,74)(H,66,75)(H,67,83)/b13-12-/t32?,33?,34?,35?,36?,37-,38?,39?,40-,41?,42+,43?,44-,45?,46-,47?,48?,49+,50?,51+,52?,53?,54?,56+,57?,58?,59-,60?,61+,62?/m0/s1. The smallest absolute Gasteiger partial charge is 0.251 e. The number of amides is 5. The summed E-state index contributed by atoms with van der Waals surface area (Å²) in [5.74, 6) is -3.62. The molecule has 7 aliphatic rings. The molecule has 36 heteroatoms. The lowest BCUT2D eigenvalue weighted by Crippen LogP contribution is -2.72. The number of hydrogen-bond donors (Lipinski definition) is 17. The lowest BCUT2D eigenvalue weighted by atomic mass is 9.93. The summed E-state index contributed by atoms with van der Waals surface area (Å²) < 4.78 is 83.3. The zero-order chi connectivity index (χ0) is 71.2. The Balaban J connectivity index is 0.968. The normalized spacial score (nSPS) is 40.2. The molecule has 7 saturated heterocycles. The van der Waals surface area contributed by atoms with E-state index < -0.39 is 247 Å². The van der Waals surface area contributed by atoms with Gasteiger partial charge in [-0.2, -0.15) is 0 Å². The number of methoxy groups -OCH3 is 1. The average molecular weight is 1410 g/mol. The largest absolute Gasteiger partial charge is 0.494 e. The molecule has 0 saturated carbocycles. The first kappa shape index (κ1) is 78.8. The summed E-state index contributed by atoms with van der Waals surface area (Å²) in [4.78, 5) is 65.1. The number of benzene rings is 1. The number of aliphatic hydroxyl groups excluding tert-OH is 12. The van der Waals surface area contributed by atoms with E-state index >= 15 is 0 Å². The number of nitrogens with one attached hydrogen (secondary N) is 5. The minimum Gasteiger partial charge on any atom is -0.494 e. The summed E-state index contributed by atoms with van der Waals surface area (Å²) in [5, 5.41) is 148. The van der Waals surface area contributed by atoms with E-state index in [0.717, 1.165) is 53.4 Å². The Kier molecular flexibility index (Phi) is 29.6. The number of aliphatic hydroxyl groups is 12. The average Bonchev–Trinajstić information content (AvgIpc) is 1.26. The van der Waals surface area contributed by atoms with Crippen LogP contribution in [-0.4, -0.2) is 322 Å². The number of carbonyl (C=O) groups is 5. The van der Waals surface area contributed by atoms with E-state index in [0.29, 0.717) is 18.8 Å². The molecule has 98 heavy (non-hydrogen) atoms. The second-order valence-corrected chi connectivity index (χ2v) is 25.1. The van der Waals surface area contributed by atoms with Gasteiger partial charge in [0.15, 0.2) is 44.0 Å². The van der Waals surface area contributed by atoms with Gasteiger partial charge >= 0.3 is 0 Å². The van der Waals surface area contributed by atoms with Gasteiger partial charge in [0, 0.05) is 40.4 Å². The highest BCUT2D eigenvalue weighted by Gasteiger charge is 2.60. The summed E-state index contributed by atoms with van der Waals surface area (Å²) in [6.07, 6.45) is -30.3. The van der Waals surface area contributed by atoms with E-state index in [-0.39, 0.29) is 5.56 Å². The molecule has 7 fully saturated rings. The van der Waals surface area contributed by atoms with Gasteiger partial charge in [-0.05, 0) is 43.9 Å². The molecule has 7 heterocycles. The number of fused-ring (bicyclic) bond motifs is 1. The van der Waals surface area contributed by atoms with Crippen molar-refractivity contribution in [3.8, 4) is 5.75 Å². The Labute approximate surface area is 564 Å². The number of carbonyl (C=O) groups excluding carboxylic acids is 5. The molecule has 0 radical (unpaired) electrons. The molecule has 20 unspecified atom stereocenters. The van der Waals surface area contributed by atoms with E-state index in [4.69, 9.17) is 66.3 Å². The fourth-order valence-electron chi connectivity index (χ4n) is 12.7. The van der Waals surface area contributed by atoms with Crippen LogP contribution in [-0.2, 0) is 80.8 Å². The van der Waals surface area contributed by atoms with Crippen molar-refractivity contribution in [1.29, 1.82) is 0 Å². The van der Waals surface area contributed by atoms with E-state index in [2.05, 4.69) is 45.7 Å². The van der Waals surface area contributed by atoms with Crippen molar-refractivity contribution in [1.82, 2.24) is 26.6 Å². The zero-order valence-corrected chi connectivity index (χ0v) is 55.1. The van der Waals surface area contributed by atoms with Crippen LogP contribution < -0.4 is 31.3 Å². The van der Waals surface area contributed by atoms with Crippen LogP contribution in [0.15, 0.2) is 36.4 Å². The van der Waals surface area contributed by atoms with Crippen molar-refractivity contribution in [3.05, 3.63) is 42.0 Å². The number of allylic oxidation sites excluding steroid dienone is 2. The van der Waals surface area contributed by atoms with Gasteiger partial charge in [0.05, 0.1) is 39.6 Å². The first-order chi connectivity index (χ1) is 46.9. The van der Waals surface area contributed by atoms with Crippen molar-refractivity contribution in [2.24, 2.45) is 0 Å². The van der Waals surface area contributed by atoms with Gasteiger partial charge in [0.25, 0.3) is 5.91 Å². The fraction of sp³-hybridized carbons (Fsp3) is 0.790. The molecule has 0 spiro atoms. The van der Waals surface area contributed by atoms with Crippen molar-refractivity contribution in [2.45, 2.75) is 264 Å². The molecule has 0 aromatic heterocycles. The molecule has 30 atom stereocenters. The highest BCUT2D eigenvalue weighted by Crippen LogP contribution is 2.39. The Morgan fingerprint density at radius 3 is 1.39 bits per heavy atom. The van der Waals surface area contributed by atoms with Gasteiger partial charge < -0.3 is 154 Å². The third-order valence-corrected chi connectivity index (χ3v) is 17.7. The van der Waals surface area contributed by atoms with Crippen LogP contribution in [0.25, 0.3) is 0 Å². The highest BCUT2D eigenvalue weighted by atomic mass is 16.8. The fourth-order valence-corrected chi connectivity index (χ4v) is 12.7. The van der Waals surface area contributed by atoms with Crippen LogP contribution in [0.1, 0.15) is 89.9 Å². The summed E-state index contributed by atoms with van der Waals surface area (Å²) >= 11 is 0. The molecular weight excluding hydrogens is 1310 g/mol. The number of hydrogen-bond acceptors (Lipinski definition) is 31. The molecule has 1 aromatic rings. The number of ether oxygens (including phenoxy) is 14. The minimum absolute atomic E-state index is 0.0512. The first-order valence-corrected chi connectivity index (χ1v) is 32.9. The van der Waals surface area contributed by atoms with E-state index in [1.807, 2.05) is 0 Å². The third kappa shape index (κ3) is 19.6. The second kappa shape index (κ2) is 36.8. The molecular formula is C62H97N5O31. The Bertz CT molecular complexity index is 2750. The molecule has 0 aliphatic carbocycles. The number of rotatable bonds is 32. The van der Waals surface area contributed by atoms with Gasteiger partial charge in [-0.15, -0.1) is 0 Å². The van der Waals surface area contributed by atoms with E-state index in [9.17, 15) is 85.3 Å². The van der Waals surface area contributed by atoms with E-state index in [1.165, 1.54) is 32.1 Å². The van der Waals surface area contributed by atoms with Gasteiger partial charge in [-0.3, -0.25) is 24.0 Å². The van der Waals surface area contributed by atoms with Crippen LogP contribution in [0.3, 0.4) is 0 Å². The number of unbranched alkanes of at least 4 members (excludes halogenated alkanes) is 5. The minimum atomic E-state index is -2.06.